The fourth-order valence-electron chi connectivity index (χ4n) is 2.56. The fraction of sp³-hybridized carbons (Fsp3) is 0.471. The van der Waals surface area contributed by atoms with Gasteiger partial charge in [-0.2, -0.15) is 0 Å². The van der Waals surface area contributed by atoms with E-state index in [9.17, 15) is 13.2 Å². The first-order valence-corrected chi connectivity index (χ1v) is 9.79. The van der Waals surface area contributed by atoms with E-state index in [-0.39, 0.29) is 10.8 Å². The van der Waals surface area contributed by atoms with Crippen LogP contribution in [0.5, 0.6) is 0 Å². The van der Waals surface area contributed by atoms with Crippen molar-refractivity contribution < 1.29 is 13.2 Å². The third kappa shape index (κ3) is 4.66. The zero-order valence-corrected chi connectivity index (χ0v) is 14.4. The molecule has 130 valence electrons. The molecule has 0 radical (unpaired) electrons. The van der Waals surface area contributed by atoms with Gasteiger partial charge in [-0.3, -0.25) is 4.79 Å². The molecular formula is C17H23N3O3S. The maximum atomic E-state index is 12.3. The molecule has 1 aromatic carbocycles. The second-order valence-electron chi connectivity index (χ2n) is 6.32. The van der Waals surface area contributed by atoms with Crippen LogP contribution in [-0.4, -0.2) is 40.5 Å². The normalized spacial score (nSPS) is 18.1. The van der Waals surface area contributed by atoms with Gasteiger partial charge < -0.3 is 10.6 Å². The first-order chi connectivity index (χ1) is 11.5. The second-order valence-corrected chi connectivity index (χ2v) is 8.09. The SMILES string of the molecule is O=C(NCC1=CCNCC1)c1cccc(S(=O)(=O)NCC2CC2)c1. The lowest BCUT2D eigenvalue weighted by atomic mass is 10.1. The van der Waals surface area contributed by atoms with Gasteiger partial charge >= 0.3 is 0 Å². The number of hydrogen-bond acceptors (Lipinski definition) is 4. The van der Waals surface area contributed by atoms with Crippen LogP contribution in [-0.2, 0) is 10.0 Å². The number of nitrogens with one attached hydrogen (secondary N) is 3. The van der Waals surface area contributed by atoms with Gasteiger partial charge in [0.15, 0.2) is 0 Å². The van der Waals surface area contributed by atoms with Crippen LogP contribution in [0.2, 0.25) is 0 Å². The highest BCUT2D eigenvalue weighted by molar-refractivity contribution is 7.89. The molecule has 2 aliphatic rings. The average Bonchev–Trinajstić information content (AvgIpc) is 3.43. The van der Waals surface area contributed by atoms with Gasteiger partial charge in [0.25, 0.3) is 5.91 Å². The second kappa shape index (κ2) is 7.46. The number of amides is 1. The smallest absolute Gasteiger partial charge is 0.251 e. The molecular weight excluding hydrogens is 326 g/mol. The molecule has 0 aromatic heterocycles. The molecule has 7 heteroatoms. The molecule has 1 aromatic rings. The Labute approximate surface area is 142 Å². The van der Waals surface area contributed by atoms with E-state index in [0.29, 0.717) is 24.6 Å². The quantitative estimate of drug-likeness (QED) is 0.642. The van der Waals surface area contributed by atoms with Gasteiger partial charge in [-0.1, -0.05) is 17.7 Å². The molecule has 1 saturated carbocycles. The lowest BCUT2D eigenvalue weighted by Crippen LogP contribution is -2.30. The van der Waals surface area contributed by atoms with Crippen molar-refractivity contribution in [2.24, 2.45) is 5.92 Å². The zero-order valence-electron chi connectivity index (χ0n) is 13.5. The average molecular weight is 349 g/mol. The van der Waals surface area contributed by atoms with Crippen LogP contribution in [0.3, 0.4) is 0 Å². The lowest BCUT2D eigenvalue weighted by Gasteiger charge is -2.14. The van der Waals surface area contributed by atoms with Crippen molar-refractivity contribution in [1.29, 1.82) is 0 Å². The van der Waals surface area contributed by atoms with Crippen molar-refractivity contribution in [2.75, 3.05) is 26.2 Å². The largest absolute Gasteiger partial charge is 0.348 e. The Bertz CT molecular complexity index is 739. The molecule has 3 rings (SSSR count). The van der Waals surface area contributed by atoms with Crippen LogP contribution in [0.15, 0.2) is 40.8 Å². The van der Waals surface area contributed by atoms with Crippen LogP contribution in [0.1, 0.15) is 29.6 Å². The van der Waals surface area contributed by atoms with Gasteiger partial charge in [0.2, 0.25) is 10.0 Å². The highest BCUT2D eigenvalue weighted by Gasteiger charge is 2.24. The Kier molecular flexibility index (Phi) is 5.33. The fourth-order valence-corrected chi connectivity index (χ4v) is 3.72. The first kappa shape index (κ1) is 17.1. The Hall–Kier alpha value is -1.70. The predicted octanol–water partition coefficient (Wildman–Crippen LogP) is 1.02. The highest BCUT2D eigenvalue weighted by atomic mass is 32.2. The zero-order chi connectivity index (χ0) is 17.0. The van der Waals surface area contributed by atoms with Crippen LogP contribution in [0.25, 0.3) is 0 Å². The molecule has 0 unspecified atom stereocenters. The number of rotatable bonds is 7. The molecule has 1 heterocycles. The van der Waals surface area contributed by atoms with Crippen LogP contribution >= 0.6 is 0 Å². The molecule has 1 aliphatic carbocycles. The Balaban J connectivity index is 1.62. The van der Waals surface area contributed by atoms with E-state index < -0.39 is 10.0 Å². The van der Waals surface area contributed by atoms with Crippen LogP contribution < -0.4 is 15.4 Å². The number of carbonyl (C=O) groups is 1. The van der Waals surface area contributed by atoms with Gasteiger partial charge in [-0.05, 0) is 49.9 Å². The van der Waals surface area contributed by atoms with E-state index in [4.69, 9.17) is 0 Å². The topological polar surface area (TPSA) is 87.3 Å². The predicted molar refractivity (Wildman–Crippen MR) is 92.3 cm³/mol. The van der Waals surface area contributed by atoms with Gasteiger partial charge in [0.05, 0.1) is 4.90 Å². The molecule has 0 atom stereocenters. The Morgan fingerprint density at radius 2 is 2.12 bits per heavy atom. The minimum absolute atomic E-state index is 0.136. The van der Waals surface area contributed by atoms with E-state index in [0.717, 1.165) is 32.4 Å². The van der Waals surface area contributed by atoms with Crippen molar-refractivity contribution in [3.05, 3.63) is 41.5 Å². The molecule has 0 saturated heterocycles. The maximum Gasteiger partial charge on any atom is 0.251 e. The van der Waals surface area contributed by atoms with Crippen molar-refractivity contribution in [3.63, 3.8) is 0 Å². The molecule has 1 aliphatic heterocycles. The third-order valence-electron chi connectivity index (χ3n) is 4.30. The summed E-state index contributed by atoms with van der Waals surface area (Å²) in [6.07, 6.45) is 5.15. The first-order valence-electron chi connectivity index (χ1n) is 8.31. The molecule has 1 fully saturated rings. The molecule has 0 spiro atoms. The minimum atomic E-state index is -3.56. The van der Waals surface area contributed by atoms with Gasteiger partial charge in [0, 0.05) is 25.2 Å². The number of sulfonamides is 1. The van der Waals surface area contributed by atoms with E-state index in [1.54, 1.807) is 12.1 Å². The van der Waals surface area contributed by atoms with Crippen molar-refractivity contribution in [1.82, 2.24) is 15.4 Å². The van der Waals surface area contributed by atoms with Crippen molar-refractivity contribution in [3.8, 4) is 0 Å². The van der Waals surface area contributed by atoms with Crippen molar-refractivity contribution >= 4 is 15.9 Å². The Morgan fingerprint density at radius 3 is 2.83 bits per heavy atom. The summed E-state index contributed by atoms with van der Waals surface area (Å²) < 4.78 is 27.2. The molecule has 24 heavy (non-hydrogen) atoms. The van der Waals surface area contributed by atoms with Gasteiger partial charge in [0.1, 0.15) is 0 Å². The van der Waals surface area contributed by atoms with Gasteiger partial charge in [-0.25, -0.2) is 13.1 Å². The monoisotopic (exact) mass is 349 g/mol. The minimum Gasteiger partial charge on any atom is -0.348 e. The molecule has 0 bridgehead atoms. The Morgan fingerprint density at radius 1 is 1.29 bits per heavy atom. The van der Waals surface area contributed by atoms with E-state index in [2.05, 4.69) is 21.4 Å². The summed E-state index contributed by atoms with van der Waals surface area (Å²) in [7, 11) is -3.56. The van der Waals surface area contributed by atoms with Crippen LogP contribution in [0, 0.1) is 5.92 Å². The van der Waals surface area contributed by atoms with Crippen LogP contribution in [0.4, 0.5) is 0 Å². The lowest BCUT2D eigenvalue weighted by molar-refractivity contribution is 0.0956. The van der Waals surface area contributed by atoms with Gasteiger partial charge in [-0.15, -0.1) is 0 Å². The van der Waals surface area contributed by atoms with E-state index >= 15 is 0 Å². The summed E-state index contributed by atoms with van der Waals surface area (Å²) in [6.45, 7) is 2.71. The molecule has 1 amide bonds. The molecule has 6 nitrogen and oxygen atoms in total. The summed E-state index contributed by atoms with van der Waals surface area (Å²) in [5, 5.41) is 6.08. The maximum absolute atomic E-state index is 12.3. The summed E-state index contributed by atoms with van der Waals surface area (Å²) in [5.74, 6) is 0.207. The van der Waals surface area contributed by atoms with E-state index in [1.165, 1.54) is 17.7 Å². The summed E-state index contributed by atoms with van der Waals surface area (Å²) in [5.41, 5.74) is 1.55. The number of hydrogen-bond donors (Lipinski definition) is 3. The highest BCUT2D eigenvalue weighted by Crippen LogP contribution is 2.28. The third-order valence-corrected chi connectivity index (χ3v) is 5.72. The summed E-state index contributed by atoms with van der Waals surface area (Å²) >= 11 is 0. The van der Waals surface area contributed by atoms with E-state index in [1.807, 2.05) is 0 Å². The summed E-state index contributed by atoms with van der Waals surface area (Å²) in [6, 6.07) is 6.18. The number of benzene rings is 1. The summed E-state index contributed by atoms with van der Waals surface area (Å²) in [4.78, 5) is 12.4. The number of carbonyl (C=O) groups excluding carboxylic acids is 1. The van der Waals surface area contributed by atoms with Crippen molar-refractivity contribution in [2.45, 2.75) is 24.2 Å². The standard InChI is InChI=1S/C17H23N3O3S/c21-17(19-11-14-6-8-18-9-7-14)15-2-1-3-16(10-15)24(22,23)20-12-13-4-5-13/h1-3,6,10,13,18,20H,4-5,7-9,11-12H2,(H,19,21). The molecule has 3 N–H and O–H groups in total.